The highest BCUT2D eigenvalue weighted by molar-refractivity contribution is 5.77. The summed E-state index contributed by atoms with van der Waals surface area (Å²) in [6.45, 7) is 4.54. The first-order valence-corrected chi connectivity index (χ1v) is 11.1. The van der Waals surface area contributed by atoms with Crippen LogP contribution in [0.15, 0.2) is 53.0 Å². The number of fused-ring (bicyclic) bond motifs is 1. The lowest BCUT2D eigenvalue weighted by Gasteiger charge is -2.21. The molecule has 0 radical (unpaired) electrons. The Balaban J connectivity index is 1.42. The first-order valence-electron chi connectivity index (χ1n) is 11.1. The Kier molecular flexibility index (Phi) is 6.74. The predicted octanol–water partition coefficient (Wildman–Crippen LogP) is 5.86. The third kappa shape index (κ3) is 4.93. The zero-order valence-electron chi connectivity index (χ0n) is 18.9. The molecule has 0 fully saturated rings. The lowest BCUT2D eigenvalue weighted by molar-refractivity contribution is -0.140. The molecule has 1 aliphatic carbocycles. The molecule has 4 rings (SSSR count). The van der Waals surface area contributed by atoms with Crippen molar-refractivity contribution in [1.29, 1.82) is 0 Å². The second kappa shape index (κ2) is 9.86. The molecule has 0 amide bonds. The Labute approximate surface area is 189 Å². The summed E-state index contributed by atoms with van der Waals surface area (Å²) in [5.74, 6) is 2.20. The minimum absolute atomic E-state index is 0.182. The van der Waals surface area contributed by atoms with Crippen molar-refractivity contribution < 1.29 is 18.7 Å². The molecular weight excluding hydrogens is 402 g/mol. The van der Waals surface area contributed by atoms with Gasteiger partial charge in [0.05, 0.1) is 19.4 Å². The zero-order chi connectivity index (χ0) is 22.5. The summed E-state index contributed by atoms with van der Waals surface area (Å²) in [7, 11) is 1.43. The maximum Gasteiger partial charge on any atom is 0.305 e. The smallest absolute Gasteiger partial charge is 0.305 e. The van der Waals surface area contributed by atoms with Gasteiger partial charge in [-0.2, -0.15) is 0 Å². The summed E-state index contributed by atoms with van der Waals surface area (Å²) >= 11 is 0. The standard InChI is InChI=1S/C27H29NO4/c1-18-10-12-21(13-11-18)27-28-24(19(2)32-27)16-17-31-25-9-5-7-22-20(6-4-8-23(22)25)14-15-26(29)30-3/h5-7,9-13H,4,8,14-17H2,1-3H3. The Morgan fingerprint density at radius 3 is 2.69 bits per heavy atom. The van der Waals surface area contributed by atoms with Gasteiger partial charge < -0.3 is 13.9 Å². The number of benzene rings is 2. The first-order chi connectivity index (χ1) is 15.5. The lowest BCUT2D eigenvalue weighted by atomic mass is 9.88. The molecule has 0 saturated carbocycles. The minimum atomic E-state index is -0.182. The van der Waals surface area contributed by atoms with Crippen LogP contribution in [0.25, 0.3) is 17.0 Å². The van der Waals surface area contributed by atoms with E-state index in [9.17, 15) is 4.79 Å². The molecule has 2 aromatic carbocycles. The number of allylic oxidation sites excluding steroid dienone is 2. The highest BCUT2D eigenvalue weighted by Gasteiger charge is 2.18. The van der Waals surface area contributed by atoms with Crippen LogP contribution in [0.3, 0.4) is 0 Å². The molecule has 0 aliphatic heterocycles. The summed E-state index contributed by atoms with van der Waals surface area (Å²) < 4.78 is 16.9. The highest BCUT2D eigenvalue weighted by atomic mass is 16.5. The Morgan fingerprint density at radius 1 is 1.09 bits per heavy atom. The number of aryl methyl sites for hydroxylation is 2. The van der Waals surface area contributed by atoms with Gasteiger partial charge in [0, 0.05) is 24.0 Å². The van der Waals surface area contributed by atoms with E-state index in [1.54, 1.807) is 0 Å². The van der Waals surface area contributed by atoms with E-state index >= 15 is 0 Å². The van der Waals surface area contributed by atoms with Crippen LogP contribution in [0.4, 0.5) is 0 Å². The minimum Gasteiger partial charge on any atom is -0.493 e. The van der Waals surface area contributed by atoms with Crippen molar-refractivity contribution in [2.75, 3.05) is 13.7 Å². The van der Waals surface area contributed by atoms with Crippen molar-refractivity contribution in [2.24, 2.45) is 0 Å². The Morgan fingerprint density at radius 2 is 1.91 bits per heavy atom. The van der Waals surface area contributed by atoms with Gasteiger partial charge in [0.15, 0.2) is 0 Å². The molecule has 0 spiro atoms. The molecule has 5 nitrogen and oxygen atoms in total. The number of esters is 1. The van der Waals surface area contributed by atoms with Gasteiger partial charge in [0.1, 0.15) is 11.5 Å². The molecule has 1 aliphatic rings. The van der Waals surface area contributed by atoms with Crippen LogP contribution in [0.1, 0.15) is 47.4 Å². The van der Waals surface area contributed by atoms with Crippen molar-refractivity contribution in [3.63, 3.8) is 0 Å². The third-order valence-corrected chi connectivity index (χ3v) is 5.88. The van der Waals surface area contributed by atoms with Crippen LogP contribution >= 0.6 is 0 Å². The lowest BCUT2D eigenvalue weighted by Crippen LogP contribution is -2.08. The number of ether oxygens (including phenoxy) is 2. The Bertz CT molecular complexity index is 1130. The molecule has 0 atom stereocenters. The molecule has 1 heterocycles. The summed E-state index contributed by atoms with van der Waals surface area (Å²) in [5.41, 5.74) is 6.69. The topological polar surface area (TPSA) is 61.6 Å². The number of nitrogens with zero attached hydrogens (tertiary/aromatic N) is 1. The molecule has 3 aromatic rings. The number of rotatable bonds is 8. The molecule has 5 heteroatoms. The molecule has 0 bridgehead atoms. The van der Waals surface area contributed by atoms with Crippen molar-refractivity contribution in [3.05, 3.63) is 76.7 Å². The van der Waals surface area contributed by atoms with Gasteiger partial charge in [-0.1, -0.05) is 35.9 Å². The average molecular weight is 432 g/mol. The first kappa shape index (κ1) is 21.9. The fourth-order valence-corrected chi connectivity index (χ4v) is 4.07. The van der Waals surface area contributed by atoms with Gasteiger partial charge in [-0.25, -0.2) is 4.98 Å². The highest BCUT2D eigenvalue weighted by Crippen LogP contribution is 2.35. The van der Waals surface area contributed by atoms with Crippen molar-refractivity contribution >= 4 is 11.5 Å². The SMILES string of the molecule is COC(=O)CCC1=CCCc2c(OCCc3nc(-c4ccc(C)cc4)oc3C)cccc21. The fraction of sp³-hybridized carbons (Fsp3) is 0.333. The maximum absolute atomic E-state index is 11.6. The largest absolute Gasteiger partial charge is 0.493 e. The van der Waals surface area contributed by atoms with Gasteiger partial charge in [-0.3, -0.25) is 4.79 Å². The van der Waals surface area contributed by atoms with Gasteiger partial charge in [0.2, 0.25) is 5.89 Å². The zero-order valence-corrected chi connectivity index (χ0v) is 18.9. The van der Waals surface area contributed by atoms with Gasteiger partial charge >= 0.3 is 5.97 Å². The second-order valence-corrected chi connectivity index (χ2v) is 8.11. The Hall–Kier alpha value is -3.34. The predicted molar refractivity (Wildman–Crippen MR) is 125 cm³/mol. The van der Waals surface area contributed by atoms with E-state index in [1.807, 2.05) is 31.2 Å². The summed E-state index contributed by atoms with van der Waals surface area (Å²) in [5, 5.41) is 0. The van der Waals surface area contributed by atoms with Gasteiger partial charge in [0.25, 0.3) is 0 Å². The fourth-order valence-electron chi connectivity index (χ4n) is 4.07. The van der Waals surface area contributed by atoms with E-state index in [-0.39, 0.29) is 5.97 Å². The van der Waals surface area contributed by atoms with Gasteiger partial charge in [-0.15, -0.1) is 0 Å². The average Bonchev–Trinajstić information content (AvgIpc) is 3.18. The van der Waals surface area contributed by atoms with Crippen molar-refractivity contribution in [2.45, 2.75) is 46.0 Å². The quantitative estimate of drug-likeness (QED) is 0.418. The van der Waals surface area contributed by atoms with Crippen LogP contribution < -0.4 is 4.74 Å². The van der Waals surface area contributed by atoms with Crippen molar-refractivity contribution in [3.8, 4) is 17.2 Å². The summed E-state index contributed by atoms with van der Waals surface area (Å²) in [6.07, 6.45) is 5.86. The summed E-state index contributed by atoms with van der Waals surface area (Å²) in [4.78, 5) is 16.2. The number of hydrogen-bond acceptors (Lipinski definition) is 5. The van der Waals surface area contributed by atoms with E-state index < -0.39 is 0 Å². The number of aromatic nitrogens is 1. The van der Waals surface area contributed by atoms with Gasteiger partial charge in [-0.05, 0) is 62.4 Å². The van der Waals surface area contributed by atoms with E-state index in [0.717, 1.165) is 35.6 Å². The molecule has 32 heavy (non-hydrogen) atoms. The monoisotopic (exact) mass is 431 g/mol. The number of carbonyl (C=O) groups excluding carboxylic acids is 1. The molecule has 1 aromatic heterocycles. The van der Waals surface area contributed by atoms with Crippen LogP contribution in [0.2, 0.25) is 0 Å². The molecule has 166 valence electrons. The molecule has 0 unspecified atom stereocenters. The van der Waals surface area contributed by atoms with Crippen LogP contribution in [0.5, 0.6) is 5.75 Å². The maximum atomic E-state index is 11.6. The number of carbonyl (C=O) groups is 1. The number of hydrogen-bond donors (Lipinski definition) is 0. The van der Waals surface area contributed by atoms with Crippen LogP contribution in [0, 0.1) is 13.8 Å². The third-order valence-electron chi connectivity index (χ3n) is 5.88. The number of methoxy groups -OCH3 is 1. The van der Waals surface area contributed by atoms with Crippen LogP contribution in [-0.4, -0.2) is 24.7 Å². The molecule has 0 N–H and O–H groups in total. The molecular formula is C27H29NO4. The second-order valence-electron chi connectivity index (χ2n) is 8.11. The normalized spacial score (nSPS) is 12.8. The van der Waals surface area contributed by atoms with E-state index in [1.165, 1.54) is 29.4 Å². The molecule has 0 saturated heterocycles. The van der Waals surface area contributed by atoms with E-state index in [2.05, 4.69) is 36.2 Å². The van der Waals surface area contributed by atoms with Crippen molar-refractivity contribution in [1.82, 2.24) is 4.98 Å². The van der Waals surface area contributed by atoms with Crippen LogP contribution in [-0.2, 0) is 22.4 Å². The summed E-state index contributed by atoms with van der Waals surface area (Å²) in [6, 6.07) is 14.3. The number of oxazole rings is 1. The van der Waals surface area contributed by atoms with E-state index in [0.29, 0.717) is 31.8 Å². The van der Waals surface area contributed by atoms with E-state index in [4.69, 9.17) is 13.9 Å².